The maximum atomic E-state index is 12.2. The highest BCUT2D eigenvalue weighted by atomic mass is 16.2. The number of anilines is 1. The van der Waals surface area contributed by atoms with Crippen molar-refractivity contribution in [3.8, 4) is 6.07 Å². The lowest BCUT2D eigenvalue weighted by atomic mass is 10.2. The molecular formula is C20H29N5O2. The molecule has 7 heteroatoms. The highest BCUT2D eigenvalue weighted by molar-refractivity contribution is 5.92. The van der Waals surface area contributed by atoms with Crippen molar-refractivity contribution in [1.29, 1.82) is 5.26 Å². The SMILES string of the molecule is CCC(C)NC(=O)CN1CCN(CCC(=O)Nc2ccccc2C#N)CC1. The van der Waals surface area contributed by atoms with E-state index >= 15 is 0 Å². The summed E-state index contributed by atoms with van der Waals surface area (Å²) >= 11 is 0. The smallest absolute Gasteiger partial charge is 0.234 e. The summed E-state index contributed by atoms with van der Waals surface area (Å²) in [7, 11) is 0. The van der Waals surface area contributed by atoms with Crippen molar-refractivity contribution in [2.45, 2.75) is 32.7 Å². The Bertz CT molecular complexity index is 677. The standard InChI is InChI=1S/C20H29N5O2/c1-3-16(2)22-20(27)15-25-12-10-24(11-13-25)9-8-19(26)23-18-7-5-4-6-17(18)14-21/h4-7,16H,3,8-13,15H2,1-2H3,(H,22,27)(H,23,26). The van der Waals surface area contributed by atoms with Gasteiger partial charge in [-0.3, -0.25) is 14.5 Å². The van der Waals surface area contributed by atoms with Crippen LogP contribution in [0.5, 0.6) is 0 Å². The second-order valence-corrected chi connectivity index (χ2v) is 6.95. The minimum absolute atomic E-state index is 0.0772. The van der Waals surface area contributed by atoms with Crippen LogP contribution in [0, 0.1) is 11.3 Å². The van der Waals surface area contributed by atoms with E-state index in [1.54, 1.807) is 24.3 Å². The summed E-state index contributed by atoms with van der Waals surface area (Å²) in [6.45, 7) is 8.52. The zero-order valence-corrected chi connectivity index (χ0v) is 16.2. The summed E-state index contributed by atoms with van der Waals surface area (Å²) in [6, 6.07) is 9.29. The number of hydrogen-bond acceptors (Lipinski definition) is 5. The van der Waals surface area contributed by atoms with E-state index in [2.05, 4.69) is 33.4 Å². The van der Waals surface area contributed by atoms with Gasteiger partial charge >= 0.3 is 0 Å². The Hall–Kier alpha value is -2.43. The number of rotatable bonds is 8. The molecule has 1 fully saturated rings. The van der Waals surface area contributed by atoms with E-state index in [0.717, 1.165) is 32.6 Å². The van der Waals surface area contributed by atoms with Crippen LogP contribution in [0.25, 0.3) is 0 Å². The first-order chi connectivity index (χ1) is 13.0. The molecule has 27 heavy (non-hydrogen) atoms. The Labute approximate surface area is 161 Å². The molecule has 0 bridgehead atoms. The highest BCUT2D eigenvalue weighted by Gasteiger charge is 2.20. The van der Waals surface area contributed by atoms with Gasteiger partial charge in [0.05, 0.1) is 17.8 Å². The fourth-order valence-corrected chi connectivity index (χ4v) is 2.96. The largest absolute Gasteiger partial charge is 0.353 e. The van der Waals surface area contributed by atoms with Crippen LogP contribution < -0.4 is 10.6 Å². The topological polar surface area (TPSA) is 88.5 Å². The van der Waals surface area contributed by atoms with Crippen molar-refractivity contribution < 1.29 is 9.59 Å². The average molecular weight is 371 g/mol. The van der Waals surface area contributed by atoms with E-state index in [9.17, 15) is 9.59 Å². The van der Waals surface area contributed by atoms with Gasteiger partial charge in [0.15, 0.2) is 0 Å². The molecule has 1 unspecified atom stereocenters. The Morgan fingerprint density at radius 1 is 1.15 bits per heavy atom. The zero-order valence-electron chi connectivity index (χ0n) is 16.2. The number of nitrogens with one attached hydrogen (secondary N) is 2. The molecule has 1 aliphatic heterocycles. The molecule has 146 valence electrons. The van der Waals surface area contributed by atoms with Crippen LogP contribution in [0.1, 0.15) is 32.3 Å². The van der Waals surface area contributed by atoms with Crippen LogP contribution in [0.3, 0.4) is 0 Å². The van der Waals surface area contributed by atoms with Crippen molar-refractivity contribution in [3.05, 3.63) is 29.8 Å². The van der Waals surface area contributed by atoms with Gasteiger partial charge in [0, 0.05) is 45.2 Å². The number of hydrogen-bond donors (Lipinski definition) is 2. The first kappa shape index (κ1) is 20.9. The first-order valence-electron chi connectivity index (χ1n) is 9.55. The predicted octanol–water partition coefficient (Wildman–Crippen LogP) is 1.42. The lowest BCUT2D eigenvalue weighted by Crippen LogP contribution is -2.50. The van der Waals surface area contributed by atoms with E-state index in [4.69, 9.17) is 5.26 Å². The first-order valence-corrected chi connectivity index (χ1v) is 9.55. The summed E-state index contributed by atoms with van der Waals surface area (Å²) in [5, 5.41) is 14.9. The number of carbonyl (C=O) groups excluding carboxylic acids is 2. The third-order valence-electron chi connectivity index (χ3n) is 4.83. The fraction of sp³-hybridized carbons (Fsp3) is 0.550. The van der Waals surface area contributed by atoms with Gasteiger partial charge in [-0.1, -0.05) is 19.1 Å². The third kappa shape index (κ3) is 7.00. The second kappa shape index (κ2) is 10.7. The van der Waals surface area contributed by atoms with Crippen LogP contribution in [0.15, 0.2) is 24.3 Å². The van der Waals surface area contributed by atoms with Crippen molar-refractivity contribution in [2.75, 3.05) is 44.6 Å². The second-order valence-electron chi connectivity index (χ2n) is 6.95. The Morgan fingerprint density at radius 2 is 1.81 bits per heavy atom. The summed E-state index contributed by atoms with van der Waals surface area (Å²) < 4.78 is 0. The average Bonchev–Trinajstić information content (AvgIpc) is 2.67. The summed E-state index contributed by atoms with van der Waals surface area (Å²) in [6.07, 6.45) is 1.31. The molecule has 0 aromatic heterocycles. The van der Waals surface area contributed by atoms with Gasteiger partial charge in [-0.05, 0) is 25.5 Å². The summed E-state index contributed by atoms with van der Waals surface area (Å²) in [5.74, 6) is -0.0126. The van der Waals surface area contributed by atoms with E-state index < -0.39 is 0 Å². The van der Waals surface area contributed by atoms with Gasteiger partial charge < -0.3 is 15.5 Å². The van der Waals surface area contributed by atoms with E-state index in [-0.39, 0.29) is 17.9 Å². The van der Waals surface area contributed by atoms with Gasteiger partial charge in [-0.2, -0.15) is 5.26 Å². The fourth-order valence-electron chi connectivity index (χ4n) is 2.96. The van der Waals surface area contributed by atoms with Crippen LogP contribution in [0.4, 0.5) is 5.69 Å². The molecule has 1 aliphatic rings. The molecule has 0 aliphatic carbocycles. The normalized spacial score (nSPS) is 16.3. The van der Waals surface area contributed by atoms with E-state index in [1.165, 1.54) is 0 Å². The molecule has 1 heterocycles. The molecule has 1 aromatic carbocycles. The monoisotopic (exact) mass is 371 g/mol. The molecule has 2 amide bonds. The number of nitrogens with zero attached hydrogens (tertiary/aromatic N) is 3. The maximum Gasteiger partial charge on any atom is 0.234 e. The molecule has 0 spiro atoms. The number of para-hydroxylation sites is 1. The number of carbonyl (C=O) groups is 2. The van der Waals surface area contributed by atoms with E-state index in [0.29, 0.717) is 30.8 Å². The number of amides is 2. The Kier molecular flexibility index (Phi) is 8.24. The third-order valence-corrected chi connectivity index (χ3v) is 4.83. The lowest BCUT2D eigenvalue weighted by molar-refractivity contribution is -0.123. The van der Waals surface area contributed by atoms with Crippen molar-refractivity contribution >= 4 is 17.5 Å². The zero-order chi connectivity index (χ0) is 19.6. The van der Waals surface area contributed by atoms with Gasteiger partial charge in [0.1, 0.15) is 6.07 Å². The molecule has 2 rings (SSSR count). The quantitative estimate of drug-likeness (QED) is 0.721. The Balaban J connectivity index is 1.68. The molecule has 7 nitrogen and oxygen atoms in total. The van der Waals surface area contributed by atoms with Crippen molar-refractivity contribution in [1.82, 2.24) is 15.1 Å². The molecular weight excluding hydrogens is 342 g/mol. The van der Waals surface area contributed by atoms with Gasteiger partial charge in [-0.25, -0.2) is 0 Å². The minimum Gasteiger partial charge on any atom is -0.353 e. The van der Waals surface area contributed by atoms with Crippen molar-refractivity contribution in [3.63, 3.8) is 0 Å². The van der Waals surface area contributed by atoms with Gasteiger partial charge in [-0.15, -0.1) is 0 Å². The van der Waals surface area contributed by atoms with Gasteiger partial charge in [0.2, 0.25) is 11.8 Å². The maximum absolute atomic E-state index is 12.2. The van der Waals surface area contributed by atoms with Crippen LogP contribution in [-0.2, 0) is 9.59 Å². The van der Waals surface area contributed by atoms with E-state index in [1.807, 2.05) is 6.92 Å². The van der Waals surface area contributed by atoms with Crippen LogP contribution in [-0.4, -0.2) is 66.9 Å². The van der Waals surface area contributed by atoms with Crippen LogP contribution >= 0.6 is 0 Å². The molecule has 2 N–H and O–H groups in total. The molecule has 1 atom stereocenters. The number of benzene rings is 1. The molecule has 1 saturated heterocycles. The summed E-state index contributed by atoms with van der Waals surface area (Å²) in [5.41, 5.74) is 1.03. The van der Waals surface area contributed by atoms with Crippen LogP contribution in [0.2, 0.25) is 0 Å². The molecule has 1 aromatic rings. The predicted molar refractivity (Wildman–Crippen MR) is 105 cm³/mol. The lowest BCUT2D eigenvalue weighted by Gasteiger charge is -2.34. The number of nitriles is 1. The Morgan fingerprint density at radius 3 is 2.48 bits per heavy atom. The van der Waals surface area contributed by atoms with Gasteiger partial charge in [0.25, 0.3) is 0 Å². The van der Waals surface area contributed by atoms with Crippen molar-refractivity contribution in [2.24, 2.45) is 0 Å². The summed E-state index contributed by atoms with van der Waals surface area (Å²) in [4.78, 5) is 28.5. The molecule has 0 saturated carbocycles. The highest BCUT2D eigenvalue weighted by Crippen LogP contribution is 2.14. The number of piperazine rings is 1. The molecule has 0 radical (unpaired) electrons. The minimum atomic E-state index is -0.0898.